The quantitative estimate of drug-likeness (QED) is 0.786. The van der Waals surface area contributed by atoms with E-state index in [0.29, 0.717) is 11.6 Å². The van der Waals surface area contributed by atoms with E-state index in [2.05, 4.69) is 20.9 Å². The molecule has 1 unspecified atom stereocenters. The lowest BCUT2D eigenvalue weighted by Crippen LogP contribution is -2.41. The van der Waals surface area contributed by atoms with Gasteiger partial charge in [0.15, 0.2) is 0 Å². The van der Waals surface area contributed by atoms with Crippen LogP contribution in [0.5, 0.6) is 0 Å². The summed E-state index contributed by atoms with van der Waals surface area (Å²) in [6.45, 7) is 2.83. The van der Waals surface area contributed by atoms with E-state index >= 15 is 0 Å². The van der Waals surface area contributed by atoms with Gasteiger partial charge in [0.1, 0.15) is 0 Å². The van der Waals surface area contributed by atoms with E-state index in [1.807, 2.05) is 17.9 Å². The minimum atomic E-state index is 0.123. The lowest BCUT2D eigenvalue weighted by Gasteiger charge is -2.28. The number of carbonyl (C=O) groups is 1. The minimum Gasteiger partial charge on any atom is -0.335 e. The average molecular weight is 311 g/mol. The summed E-state index contributed by atoms with van der Waals surface area (Å²) in [5, 5.41) is 0.859. The monoisotopic (exact) mass is 310 g/mol. The molecule has 4 heteroatoms. The predicted octanol–water partition coefficient (Wildman–Crippen LogP) is 3.17. The minimum absolute atomic E-state index is 0.123. The number of rotatable bonds is 2. The molecule has 0 N–H and O–H groups in total. The number of hydrogen-bond acceptors (Lipinski definition) is 2. The first-order chi connectivity index (χ1) is 8.72. The molecule has 1 aromatic heterocycles. The molecule has 0 aromatic carbocycles. The fourth-order valence-corrected chi connectivity index (χ4v) is 3.12. The fourth-order valence-electron chi connectivity index (χ4n) is 2.44. The van der Waals surface area contributed by atoms with E-state index in [4.69, 9.17) is 0 Å². The Morgan fingerprint density at radius 2 is 2.28 bits per heavy atom. The zero-order valence-corrected chi connectivity index (χ0v) is 12.3. The summed E-state index contributed by atoms with van der Waals surface area (Å²) < 4.78 is 0. The summed E-state index contributed by atoms with van der Waals surface area (Å²) in [7, 11) is 0. The number of aromatic nitrogens is 1. The standard InChI is InChI=1S/C14H19BrN2O/c1-11-7-12(10-16-9-11)14(18)17-6-4-2-3-5-13(17)8-15/h7,9-10,13H,2-6,8H2,1H3. The Balaban J connectivity index is 2.19. The molecule has 1 aliphatic heterocycles. The van der Waals surface area contributed by atoms with Gasteiger partial charge >= 0.3 is 0 Å². The molecule has 0 aliphatic carbocycles. The number of halogens is 1. The highest BCUT2D eigenvalue weighted by Gasteiger charge is 2.25. The molecule has 2 rings (SSSR count). The second kappa shape index (κ2) is 6.32. The number of likely N-dealkylation sites (tertiary alicyclic amines) is 1. The Morgan fingerprint density at radius 3 is 3.00 bits per heavy atom. The van der Waals surface area contributed by atoms with Crippen LogP contribution in [-0.4, -0.2) is 33.7 Å². The average Bonchev–Trinajstić information content (AvgIpc) is 2.62. The Morgan fingerprint density at radius 1 is 1.44 bits per heavy atom. The van der Waals surface area contributed by atoms with E-state index in [0.717, 1.165) is 30.3 Å². The summed E-state index contributed by atoms with van der Waals surface area (Å²) in [5.41, 5.74) is 1.74. The summed E-state index contributed by atoms with van der Waals surface area (Å²) in [6, 6.07) is 2.24. The maximum absolute atomic E-state index is 12.5. The lowest BCUT2D eigenvalue weighted by atomic mass is 10.1. The number of amides is 1. The van der Waals surface area contributed by atoms with Crippen molar-refractivity contribution in [2.75, 3.05) is 11.9 Å². The van der Waals surface area contributed by atoms with Crippen molar-refractivity contribution in [2.45, 2.75) is 38.6 Å². The maximum Gasteiger partial charge on any atom is 0.255 e. The van der Waals surface area contributed by atoms with Gasteiger partial charge < -0.3 is 4.90 Å². The predicted molar refractivity (Wildman–Crippen MR) is 76.1 cm³/mol. The summed E-state index contributed by atoms with van der Waals surface area (Å²) in [4.78, 5) is 18.7. The van der Waals surface area contributed by atoms with E-state index in [9.17, 15) is 4.79 Å². The van der Waals surface area contributed by atoms with Gasteiger partial charge in [-0.2, -0.15) is 0 Å². The second-order valence-corrected chi connectivity index (χ2v) is 5.55. The molecular formula is C14H19BrN2O. The van der Waals surface area contributed by atoms with Crippen LogP contribution in [0.15, 0.2) is 18.5 Å². The maximum atomic E-state index is 12.5. The molecule has 0 spiro atoms. The Kier molecular flexibility index (Phi) is 4.75. The van der Waals surface area contributed by atoms with Gasteiger partial charge in [0, 0.05) is 30.3 Å². The summed E-state index contributed by atoms with van der Waals surface area (Å²) >= 11 is 3.53. The van der Waals surface area contributed by atoms with Crippen LogP contribution in [0, 0.1) is 6.92 Å². The van der Waals surface area contributed by atoms with Gasteiger partial charge in [-0.25, -0.2) is 0 Å². The van der Waals surface area contributed by atoms with Gasteiger partial charge in [-0.3, -0.25) is 9.78 Å². The molecule has 1 aromatic rings. The molecule has 0 radical (unpaired) electrons. The molecule has 0 saturated carbocycles. The number of nitrogens with zero attached hydrogens (tertiary/aromatic N) is 2. The summed E-state index contributed by atoms with van der Waals surface area (Å²) in [6.07, 6.45) is 8.09. The van der Waals surface area contributed by atoms with Crippen LogP contribution in [0.3, 0.4) is 0 Å². The van der Waals surface area contributed by atoms with Crippen molar-refractivity contribution < 1.29 is 4.79 Å². The van der Waals surface area contributed by atoms with Crippen LogP contribution in [0.2, 0.25) is 0 Å². The van der Waals surface area contributed by atoms with Crippen LogP contribution < -0.4 is 0 Å². The third-order valence-electron chi connectivity index (χ3n) is 3.44. The first-order valence-electron chi connectivity index (χ1n) is 6.51. The first-order valence-corrected chi connectivity index (χ1v) is 7.63. The third-order valence-corrected chi connectivity index (χ3v) is 4.19. The lowest BCUT2D eigenvalue weighted by molar-refractivity contribution is 0.0702. The van der Waals surface area contributed by atoms with Gasteiger partial charge in [-0.05, 0) is 31.4 Å². The normalized spacial score (nSPS) is 20.6. The number of hydrogen-bond donors (Lipinski definition) is 0. The molecule has 1 amide bonds. The SMILES string of the molecule is Cc1cncc(C(=O)N2CCCCCC2CBr)c1. The van der Waals surface area contributed by atoms with Crippen molar-refractivity contribution in [3.05, 3.63) is 29.6 Å². The smallest absolute Gasteiger partial charge is 0.255 e. The van der Waals surface area contributed by atoms with Crippen molar-refractivity contribution >= 4 is 21.8 Å². The van der Waals surface area contributed by atoms with Crippen molar-refractivity contribution in [1.82, 2.24) is 9.88 Å². The molecule has 1 saturated heterocycles. The fraction of sp³-hybridized carbons (Fsp3) is 0.571. The highest BCUT2D eigenvalue weighted by Crippen LogP contribution is 2.20. The number of carbonyl (C=O) groups excluding carboxylic acids is 1. The number of alkyl halides is 1. The van der Waals surface area contributed by atoms with Crippen molar-refractivity contribution in [3.8, 4) is 0 Å². The van der Waals surface area contributed by atoms with Crippen molar-refractivity contribution in [2.24, 2.45) is 0 Å². The van der Waals surface area contributed by atoms with Crippen molar-refractivity contribution in [1.29, 1.82) is 0 Å². The van der Waals surface area contributed by atoms with Crippen LogP contribution >= 0.6 is 15.9 Å². The topological polar surface area (TPSA) is 33.2 Å². The molecule has 0 bridgehead atoms. The number of aryl methyl sites for hydroxylation is 1. The van der Waals surface area contributed by atoms with E-state index < -0.39 is 0 Å². The molecule has 2 heterocycles. The highest BCUT2D eigenvalue weighted by atomic mass is 79.9. The Hall–Kier alpha value is -0.900. The van der Waals surface area contributed by atoms with Gasteiger partial charge in [0.2, 0.25) is 0 Å². The molecular weight excluding hydrogens is 292 g/mol. The van der Waals surface area contributed by atoms with Crippen molar-refractivity contribution in [3.63, 3.8) is 0 Å². The first kappa shape index (κ1) is 13.5. The largest absolute Gasteiger partial charge is 0.335 e. The van der Waals surface area contributed by atoms with Crippen LogP contribution in [0.4, 0.5) is 0 Å². The molecule has 98 valence electrons. The van der Waals surface area contributed by atoms with Crippen LogP contribution in [0.25, 0.3) is 0 Å². The van der Waals surface area contributed by atoms with Gasteiger partial charge in [-0.1, -0.05) is 28.8 Å². The van der Waals surface area contributed by atoms with Crippen LogP contribution in [-0.2, 0) is 0 Å². The van der Waals surface area contributed by atoms with E-state index in [-0.39, 0.29) is 5.91 Å². The number of pyridine rings is 1. The molecule has 1 aliphatic rings. The van der Waals surface area contributed by atoms with E-state index in [1.54, 1.807) is 12.4 Å². The zero-order valence-electron chi connectivity index (χ0n) is 10.7. The third kappa shape index (κ3) is 3.10. The molecule has 3 nitrogen and oxygen atoms in total. The van der Waals surface area contributed by atoms with E-state index in [1.165, 1.54) is 12.8 Å². The van der Waals surface area contributed by atoms with Gasteiger partial charge in [0.05, 0.1) is 5.56 Å². The molecule has 1 atom stereocenters. The molecule has 18 heavy (non-hydrogen) atoms. The summed E-state index contributed by atoms with van der Waals surface area (Å²) in [5.74, 6) is 0.123. The Bertz CT molecular complexity index is 422. The highest BCUT2D eigenvalue weighted by molar-refractivity contribution is 9.09. The molecule has 1 fully saturated rings. The zero-order chi connectivity index (χ0) is 13.0. The van der Waals surface area contributed by atoms with Crippen LogP contribution in [0.1, 0.15) is 41.6 Å². The van der Waals surface area contributed by atoms with Gasteiger partial charge in [0.25, 0.3) is 5.91 Å². The van der Waals surface area contributed by atoms with Gasteiger partial charge in [-0.15, -0.1) is 0 Å². The Labute approximate surface area is 117 Å². The second-order valence-electron chi connectivity index (χ2n) is 4.91.